The van der Waals surface area contributed by atoms with Crippen LogP contribution < -0.4 is 0 Å². The largest absolute Gasteiger partial charge is 0.508 e. The molecule has 9 atom stereocenters. The van der Waals surface area contributed by atoms with Gasteiger partial charge >= 0.3 is 11.9 Å². The summed E-state index contributed by atoms with van der Waals surface area (Å²) in [4.78, 5) is 26.0. The van der Waals surface area contributed by atoms with E-state index in [2.05, 4.69) is 6.92 Å². The molecular formula is C32H46O10. The van der Waals surface area contributed by atoms with Gasteiger partial charge in [0.15, 0.2) is 0 Å². The molecule has 1 aromatic rings. The Balaban J connectivity index is 1.68. The lowest BCUT2D eigenvalue weighted by molar-refractivity contribution is -0.371. The minimum Gasteiger partial charge on any atom is -0.508 e. The van der Waals surface area contributed by atoms with Crippen molar-refractivity contribution in [2.45, 2.75) is 116 Å². The van der Waals surface area contributed by atoms with Crippen molar-refractivity contribution in [3.63, 3.8) is 0 Å². The van der Waals surface area contributed by atoms with Gasteiger partial charge in [-0.25, -0.2) is 4.79 Å². The van der Waals surface area contributed by atoms with Crippen molar-refractivity contribution < 1.29 is 48.6 Å². The Kier molecular flexibility index (Phi) is 9.33. The maximum absolute atomic E-state index is 13.1. The summed E-state index contributed by atoms with van der Waals surface area (Å²) in [5.41, 5.74) is -1.37. The number of aliphatic hydroxyl groups is 2. The van der Waals surface area contributed by atoms with E-state index in [0.29, 0.717) is 12.8 Å². The van der Waals surface area contributed by atoms with E-state index < -0.39 is 53.2 Å². The van der Waals surface area contributed by atoms with Crippen molar-refractivity contribution in [1.82, 2.24) is 0 Å². The second-order valence-electron chi connectivity index (χ2n) is 13.2. The third-order valence-electron chi connectivity index (χ3n) is 9.20. The summed E-state index contributed by atoms with van der Waals surface area (Å²) in [7, 11) is 1.64. The Morgan fingerprint density at radius 1 is 1.12 bits per heavy atom. The van der Waals surface area contributed by atoms with Gasteiger partial charge in [0.25, 0.3) is 0 Å². The normalized spacial score (nSPS) is 36.5. The number of methoxy groups -OCH3 is 1. The third kappa shape index (κ3) is 6.61. The van der Waals surface area contributed by atoms with E-state index in [0.717, 1.165) is 11.6 Å². The molecule has 2 saturated heterocycles. The van der Waals surface area contributed by atoms with E-state index in [1.54, 1.807) is 32.2 Å². The van der Waals surface area contributed by atoms with Crippen LogP contribution in [0.25, 0.3) is 0 Å². The standard InChI is InChI=1S/C32H46O10/c1-18(11-12-23(38-7)21-9-8-10-22(34)13-21)29-19(2)25-16-32(42-29)30(4,5)17-31(6,37)26(41-32)15-28(36)39-24(20(3)33)14-27(35)40-25/h8-10,13,15,18-20,23-25,29,33-34,37H,11-12,14,16-17H2,1-7H3/b26-15-/t18-,19-,20+,23-,24+,25-,29+,31-,32+/m0/s1. The lowest BCUT2D eigenvalue weighted by Crippen LogP contribution is -2.65. The van der Waals surface area contributed by atoms with Gasteiger partial charge in [0.05, 0.1) is 37.2 Å². The first-order chi connectivity index (χ1) is 19.6. The number of ether oxygens (including phenoxy) is 5. The molecular weight excluding hydrogens is 544 g/mol. The summed E-state index contributed by atoms with van der Waals surface area (Å²) < 4.78 is 30.5. The number of phenolic OH excluding ortho intramolecular Hbond substituents is 1. The number of cyclic esters (lactones) is 1. The summed E-state index contributed by atoms with van der Waals surface area (Å²) in [5.74, 6) is -2.83. The first-order valence-corrected chi connectivity index (χ1v) is 14.8. The Morgan fingerprint density at radius 2 is 1.83 bits per heavy atom. The number of aromatic hydroxyl groups is 1. The molecule has 0 unspecified atom stereocenters. The van der Waals surface area contributed by atoms with Gasteiger partial charge in [0, 0.05) is 18.4 Å². The molecule has 10 nitrogen and oxygen atoms in total. The first-order valence-electron chi connectivity index (χ1n) is 14.8. The third-order valence-corrected chi connectivity index (χ3v) is 9.20. The zero-order chi connectivity index (χ0) is 31.0. The van der Waals surface area contributed by atoms with Crippen LogP contribution in [0.2, 0.25) is 0 Å². The van der Waals surface area contributed by atoms with Crippen LogP contribution in [-0.4, -0.2) is 70.2 Å². The second kappa shape index (κ2) is 12.1. The molecule has 2 fully saturated rings. The molecule has 0 aliphatic carbocycles. The van der Waals surface area contributed by atoms with Gasteiger partial charge < -0.3 is 39.0 Å². The summed E-state index contributed by atoms with van der Waals surface area (Å²) in [6, 6.07) is 7.00. The van der Waals surface area contributed by atoms with Crippen molar-refractivity contribution in [2.75, 3.05) is 7.11 Å². The number of carbonyl (C=O) groups is 2. The highest BCUT2D eigenvalue weighted by molar-refractivity contribution is 5.83. The van der Waals surface area contributed by atoms with Crippen LogP contribution in [0.5, 0.6) is 5.75 Å². The van der Waals surface area contributed by atoms with Gasteiger partial charge in [-0.05, 0) is 56.7 Å². The molecule has 0 saturated carbocycles. The van der Waals surface area contributed by atoms with Crippen molar-refractivity contribution in [3.05, 3.63) is 41.7 Å². The average Bonchev–Trinajstić information content (AvgIpc) is 2.88. The molecule has 234 valence electrons. The van der Waals surface area contributed by atoms with E-state index in [-0.39, 0.29) is 48.7 Å². The summed E-state index contributed by atoms with van der Waals surface area (Å²) in [6.07, 6.45) is -0.974. The van der Waals surface area contributed by atoms with Gasteiger partial charge in [0.2, 0.25) is 5.79 Å². The molecule has 0 amide bonds. The highest BCUT2D eigenvalue weighted by atomic mass is 16.7. The number of aliphatic hydroxyl groups excluding tert-OH is 1. The molecule has 1 spiro atoms. The van der Waals surface area contributed by atoms with Crippen LogP contribution in [0.3, 0.4) is 0 Å². The highest BCUT2D eigenvalue weighted by Gasteiger charge is 2.63. The summed E-state index contributed by atoms with van der Waals surface area (Å²) in [6.45, 7) is 10.9. The Labute approximate surface area is 247 Å². The quantitative estimate of drug-likeness (QED) is 0.394. The van der Waals surface area contributed by atoms with Gasteiger partial charge in [-0.1, -0.05) is 39.8 Å². The molecule has 42 heavy (non-hydrogen) atoms. The minimum absolute atomic E-state index is 0.00565. The van der Waals surface area contributed by atoms with E-state index >= 15 is 0 Å². The number of carbonyl (C=O) groups excluding carboxylic acids is 2. The van der Waals surface area contributed by atoms with Gasteiger partial charge in [0.1, 0.15) is 29.3 Å². The SMILES string of the molecule is CO[C@@H](CC[C@H](C)[C@H]1O[C@@]23C[C@H](OC(=O)C[C@H]([C@@H](C)O)OC(=O)/C=C(\O2)[C@@](C)(O)CC3(C)C)[C@@H]1C)c1cccc(O)c1. The molecule has 3 aliphatic heterocycles. The maximum Gasteiger partial charge on any atom is 0.334 e. The van der Waals surface area contributed by atoms with Crippen LogP contribution in [0.1, 0.15) is 85.3 Å². The molecule has 3 bridgehead atoms. The number of esters is 2. The summed E-state index contributed by atoms with van der Waals surface area (Å²) >= 11 is 0. The number of phenols is 1. The van der Waals surface area contributed by atoms with E-state index in [1.807, 2.05) is 26.8 Å². The molecule has 0 radical (unpaired) electrons. The van der Waals surface area contributed by atoms with Crippen LogP contribution in [0, 0.1) is 17.3 Å². The molecule has 3 N–H and O–H groups in total. The smallest absolute Gasteiger partial charge is 0.334 e. The van der Waals surface area contributed by atoms with E-state index in [9.17, 15) is 24.9 Å². The van der Waals surface area contributed by atoms with Crippen molar-refractivity contribution in [3.8, 4) is 5.75 Å². The predicted molar refractivity (Wildman–Crippen MR) is 152 cm³/mol. The topological polar surface area (TPSA) is 141 Å². The molecule has 4 rings (SSSR count). The lowest BCUT2D eigenvalue weighted by Gasteiger charge is -2.59. The molecule has 3 aliphatic rings. The fourth-order valence-electron chi connectivity index (χ4n) is 6.72. The Morgan fingerprint density at radius 3 is 2.48 bits per heavy atom. The zero-order valence-corrected chi connectivity index (χ0v) is 25.7. The molecule has 1 aromatic carbocycles. The van der Waals surface area contributed by atoms with E-state index in [1.165, 1.54) is 6.92 Å². The van der Waals surface area contributed by atoms with Crippen LogP contribution in [0.15, 0.2) is 36.1 Å². The zero-order valence-electron chi connectivity index (χ0n) is 25.7. The van der Waals surface area contributed by atoms with Crippen molar-refractivity contribution >= 4 is 11.9 Å². The Hall–Kier alpha value is -2.66. The number of hydrogen-bond donors (Lipinski definition) is 3. The van der Waals surface area contributed by atoms with Crippen molar-refractivity contribution in [1.29, 1.82) is 0 Å². The minimum atomic E-state index is -1.50. The van der Waals surface area contributed by atoms with Gasteiger partial charge in [-0.3, -0.25) is 4.79 Å². The van der Waals surface area contributed by atoms with Crippen LogP contribution in [-0.2, 0) is 33.3 Å². The van der Waals surface area contributed by atoms with Crippen LogP contribution in [0.4, 0.5) is 0 Å². The number of benzene rings is 1. The van der Waals surface area contributed by atoms with Crippen LogP contribution >= 0.6 is 0 Å². The fourth-order valence-corrected chi connectivity index (χ4v) is 6.72. The number of fused-ring (bicyclic) bond motifs is 2. The highest BCUT2D eigenvalue weighted by Crippen LogP contribution is 2.56. The predicted octanol–water partition coefficient (Wildman–Crippen LogP) is 4.31. The maximum atomic E-state index is 13.1. The molecule has 0 aromatic heterocycles. The fraction of sp³-hybridized carbons (Fsp3) is 0.688. The second-order valence-corrected chi connectivity index (χ2v) is 13.2. The number of hydrogen-bond acceptors (Lipinski definition) is 10. The first kappa shape index (κ1) is 32.3. The van der Waals surface area contributed by atoms with Gasteiger partial charge in [-0.15, -0.1) is 0 Å². The lowest BCUT2D eigenvalue weighted by atomic mass is 9.66. The monoisotopic (exact) mass is 590 g/mol. The average molecular weight is 591 g/mol. The molecule has 10 heteroatoms. The van der Waals surface area contributed by atoms with Gasteiger partial charge in [-0.2, -0.15) is 0 Å². The molecule has 3 heterocycles. The Bertz CT molecular complexity index is 1170. The van der Waals surface area contributed by atoms with Crippen molar-refractivity contribution in [2.24, 2.45) is 17.3 Å². The number of rotatable bonds is 7. The van der Waals surface area contributed by atoms with E-state index in [4.69, 9.17) is 23.7 Å². The summed E-state index contributed by atoms with van der Waals surface area (Å²) in [5, 5.41) is 31.5.